The standard InChI is InChI=1S/C4H8O2.H2Se/c1-2-3-4(5)6;/h2-3H2,1H3,(H,5,6);1H2. The zero-order valence-corrected chi connectivity index (χ0v) is 6.37. The molecule has 0 rings (SSSR count). The van der Waals surface area contributed by atoms with Gasteiger partial charge in [-0.05, 0) is 6.42 Å². The van der Waals surface area contributed by atoms with Crippen molar-refractivity contribution in [3.05, 3.63) is 0 Å². The molecule has 0 bridgehead atoms. The van der Waals surface area contributed by atoms with E-state index in [2.05, 4.69) is 0 Å². The summed E-state index contributed by atoms with van der Waals surface area (Å²) in [6.07, 6.45) is 1.02. The normalized spacial score (nSPS) is 7.00. The molecule has 1 N–H and O–H groups in total. The van der Waals surface area contributed by atoms with E-state index < -0.39 is 5.97 Å². The molecule has 2 nitrogen and oxygen atoms in total. The molecule has 0 aromatic rings. The molecule has 0 aliphatic rings. The van der Waals surface area contributed by atoms with E-state index >= 15 is 0 Å². The summed E-state index contributed by atoms with van der Waals surface area (Å²) in [5.41, 5.74) is 0. The van der Waals surface area contributed by atoms with Crippen molar-refractivity contribution in [2.24, 2.45) is 0 Å². The Balaban J connectivity index is 0. The summed E-state index contributed by atoms with van der Waals surface area (Å²) >= 11 is 0. The quantitative estimate of drug-likeness (QED) is 0.588. The predicted molar refractivity (Wildman–Crippen MR) is 31.1 cm³/mol. The van der Waals surface area contributed by atoms with E-state index in [0.29, 0.717) is 6.42 Å². The molecule has 0 spiro atoms. The Labute approximate surface area is 53.4 Å². The molecular formula is C4H10O2Se. The monoisotopic (exact) mass is 170 g/mol. The van der Waals surface area contributed by atoms with Gasteiger partial charge in [0.1, 0.15) is 0 Å². The Bertz CT molecular complexity index is 53.7. The molecule has 3 heteroatoms. The Hall–Kier alpha value is -0.0105. The van der Waals surface area contributed by atoms with Crippen LogP contribution in [-0.2, 0) is 4.79 Å². The Morgan fingerprint density at radius 2 is 2.14 bits per heavy atom. The first-order valence-electron chi connectivity index (χ1n) is 1.99. The van der Waals surface area contributed by atoms with Crippen LogP contribution in [0.3, 0.4) is 0 Å². The van der Waals surface area contributed by atoms with Gasteiger partial charge in [0.2, 0.25) is 0 Å². The molecule has 7 heavy (non-hydrogen) atoms. The van der Waals surface area contributed by atoms with Crippen LogP contribution in [0.1, 0.15) is 19.8 Å². The summed E-state index contributed by atoms with van der Waals surface area (Å²) < 4.78 is 0. The number of hydrogen-bond acceptors (Lipinski definition) is 1. The molecule has 0 heterocycles. The fourth-order valence-electron chi connectivity index (χ4n) is 0.214. The van der Waals surface area contributed by atoms with Crippen molar-refractivity contribution in [3.63, 3.8) is 0 Å². The second-order valence-electron chi connectivity index (χ2n) is 1.14. The van der Waals surface area contributed by atoms with Crippen molar-refractivity contribution in [2.45, 2.75) is 19.8 Å². The third-order valence-corrected chi connectivity index (χ3v) is 0.464. The molecule has 0 unspecified atom stereocenters. The van der Waals surface area contributed by atoms with Gasteiger partial charge in [0, 0.05) is 6.42 Å². The molecule has 44 valence electrons. The predicted octanol–water partition coefficient (Wildman–Crippen LogP) is -0.0451. The van der Waals surface area contributed by atoms with Crippen LogP contribution in [0.25, 0.3) is 0 Å². The third-order valence-electron chi connectivity index (χ3n) is 0.464. The van der Waals surface area contributed by atoms with Crippen molar-refractivity contribution in [1.82, 2.24) is 0 Å². The van der Waals surface area contributed by atoms with E-state index in [1.807, 2.05) is 6.92 Å². The Kier molecular flexibility index (Phi) is 8.62. The first kappa shape index (κ1) is 10.1. The topological polar surface area (TPSA) is 37.3 Å². The van der Waals surface area contributed by atoms with Gasteiger partial charge in [-0.2, -0.15) is 0 Å². The van der Waals surface area contributed by atoms with E-state index in [4.69, 9.17) is 5.11 Å². The summed E-state index contributed by atoms with van der Waals surface area (Å²) in [4.78, 5) is 9.60. The average Bonchev–Trinajstić information content (AvgIpc) is 1.35. The van der Waals surface area contributed by atoms with Crippen molar-refractivity contribution >= 4 is 23.0 Å². The summed E-state index contributed by atoms with van der Waals surface area (Å²) in [6.45, 7) is 1.84. The molecule has 0 saturated heterocycles. The summed E-state index contributed by atoms with van der Waals surface area (Å²) in [5, 5.41) is 7.91. The second-order valence-corrected chi connectivity index (χ2v) is 1.14. The van der Waals surface area contributed by atoms with Gasteiger partial charge in [-0.15, -0.1) is 0 Å². The molecule has 0 amide bonds. The van der Waals surface area contributed by atoms with Gasteiger partial charge >= 0.3 is 23.0 Å². The van der Waals surface area contributed by atoms with Crippen LogP contribution < -0.4 is 0 Å². The van der Waals surface area contributed by atoms with Gasteiger partial charge in [0.15, 0.2) is 0 Å². The van der Waals surface area contributed by atoms with Gasteiger partial charge in [0.05, 0.1) is 0 Å². The minimum atomic E-state index is -0.711. The van der Waals surface area contributed by atoms with Crippen LogP contribution >= 0.6 is 0 Å². The molecular weight excluding hydrogens is 159 g/mol. The second kappa shape index (κ2) is 5.99. The number of hydrogen-bond donors (Lipinski definition) is 1. The van der Waals surface area contributed by atoms with Gasteiger partial charge in [-0.25, -0.2) is 0 Å². The van der Waals surface area contributed by atoms with E-state index in [-0.39, 0.29) is 17.1 Å². The van der Waals surface area contributed by atoms with Crippen LogP contribution in [0, 0.1) is 0 Å². The molecule has 0 aromatic carbocycles. The fraction of sp³-hybridized carbons (Fsp3) is 0.750. The van der Waals surface area contributed by atoms with Crippen LogP contribution in [0.15, 0.2) is 0 Å². The SMILES string of the molecule is CCCC(=O)O.[SeH2]. The van der Waals surface area contributed by atoms with Crippen LogP contribution in [0.4, 0.5) is 0 Å². The zero-order valence-electron chi connectivity index (χ0n) is 4.27. The maximum absolute atomic E-state index is 9.60. The van der Waals surface area contributed by atoms with Crippen molar-refractivity contribution in [1.29, 1.82) is 0 Å². The van der Waals surface area contributed by atoms with Crippen molar-refractivity contribution < 1.29 is 9.90 Å². The zero-order chi connectivity index (χ0) is 4.99. The maximum atomic E-state index is 9.60. The van der Waals surface area contributed by atoms with Crippen LogP contribution in [0.5, 0.6) is 0 Å². The van der Waals surface area contributed by atoms with Crippen molar-refractivity contribution in [3.8, 4) is 0 Å². The van der Waals surface area contributed by atoms with E-state index in [9.17, 15) is 4.79 Å². The average molecular weight is 169 g/mol. The van der Waals surface area contributed by atoms with Gasteiger partial charge in [-0.1, -0.05) is 6.92 Å². The summed E-state index contributed by atoms with van der Waals surface area (Å²) in [7, 11) is 0. The van der Waals surface area contributed by atoms with Crippen LogP contribution in [-0.4, -0.2) is 28.1 Å². The van der Waals surface area contributed by atoms with Crippen molar-refractivity contribution in [2.75, 3.05) is 0 Å². The minimum absolute atomic E-state index is 0. The summed E-state index contributed by atoms with van der Waals surface area (Å²) in [6, 6.07) is 0. The number of carbonyl (C=O) groups is 1. The summed E-state index contributed by atoms with van der Waals surface area (Å²) in [5.74, 6) is -0.711. The van der Waals surface area contributed by atoms with Gasteiger partial charge in [-0.3, -0.25) is 4.79 Å². The van der Waals surface area contributed by atoms with E-state index in [1.165, 1.54) is 0 Å². The number of aliphatic carboxylic acids is 1. The van der Waals surface area contributed by atoms with E-state index in [1.54, 1.807) is 0 Å². The van der Waals surface area contributed by atoms with E-state index in [0.717, 1.165) is 6.42 Å². The van der Waals surface area contributed by atoms with Gasteiger partial charge < -0.3 is 5.11 Å². The molecule has 0 aliphatic carbocycles. The first-order chi connectivity index (χ1) is 2.77. The fourth-order valence-corrected chi connectivity index (χ4v) is 0.214. The van der Waals surface area contributed by atoms with Crippen LogP contribution in [0.2, 0.25) is 0 Å². The molecule has 0 aliphatic heterocycles. The molecule has 0 atom stereocenters. The Morgan fingerprint density at radius 1 is 1.71 bits per heavy atom. The molecule has 0 aromatic heterocycles. The first-order valence-corrected chi connectivity index (χ1v) is 1.99. The molecule has 0 radical (unpaired) electrons. The molecule has 0 saturated carbocycles. The number of carboxylic acid groups (broad SMARTS) is 1. The third kappa shape index (κ3) is 10.7. The van der Waals surface area contributed by atoms with Gasteiger partial charge in [0.25, 0.3) is 0 Å². The number of rotatable bonds is 2. The Morgan fingerprint density at radius 3 is 2.14 bits per heavy atom. The molecule has 0 fully saturated rings. The number of carboxylic acids is 1.